The maximum Gasteiger partial charge on any atom is 0.103 e. The number of hydrogen-bond acceptors (Lipinski definition) is 6. The van der Waals surface area contributed by atoms with E-state index in [0.717, 1.165) is 44.3 Å². The molecule has 37 heavy (non-hydrogen) atoms. The molecule has 1 aliphatic heterocycles. The number of nitriles is 1. The van der Waals surface area contributed by atoms with Crippen LogP contribution in [-0.4, -0.2) is 57.2 Å². The second kappa shape index (κ2) is 9.81. The Balaban J connectivity index is 1.40. The maximum absolute atomic E-state index is 9.77. The van der Waals surface area contributed by atoms with E-state index in [9.17, 15) is 5.26 Å². The number of aliphatic imine (C=N–C) groups is 1. The zero-order chi connectivity index (χ0) is 25.5. The van der Waals surface area contributed by atoms with Crippen LogP contribution in [0, 0.1) is 24.2 Å². The van der Waals surface area contributed by atoms with Crippen LogP contribution in [0.5, 0.6) is 0 Å². The molecule has 4 heterocycles. The molecule has 1 aliphatic carbocycles. The lowest BCUT2D eigenvalue weighted by atomic mass is 10.0. The van der Waals surface area contributed by atoms with Gasteiger partial charge in [-0.15, -0.1) is 0 Å². The fourth-order valence-electron chi connectivity index (χ4n) is 6.17. The fraction of sp³-hybridized carbons (Fsp3) is 0.379. The van der Waals surface area contributed by atoms with Crippen LogP contribution in [0.15, 0.2) is 63.7 Å². The van der Waals surface area contributed by atoms with Gasteiger partial charge in [0.1, 0.15) is 6.07 Å². The zero-order valence-electron chi connectivity index (χ0n) is 21.5. The normalized spacial score (nSPS) is 22.1. The first-order valence-corrected chi connectivity index (χ1v) is 13.7. The summed E-state index contributed by atoms with van der Waals surface area (Å²) < 4.78 is 4.10. The first-order valence-electron chi connectivity index (χ1n) is 12.9. The second-order valence-electron chi connectivity index (χ2n) is 10.3. The van der Waals surface area contributed by atoms with Crippen molar-refractivity contribution in [2.75, 3.05) is 20.6 Å². The molecule has 8 heteroatoms. The summed E-state index contributed by atoms with van der Waals surface area (Å²) in [4.78, 5) is 8.84. The van der Waals surface area contributed by atoms with Crippen molar-refractivity contribution in [2.45, 2.75) is 54.5 Å². The van der Waals surface area contributed by atoms with Gasteiger partial charge in [-0.1, -0.05) is 30.0 Å². The predicted octanol–water partition coefficient (Wildman–Crippen LogP) is 5.62. The molecule has 1 saturated carbocycles. The van der Waals surface area contributed by atoms with Crippen LogP contribution in [0.4, 0.5) is 0 Å². The summed E-state index contributed by atoms with van der Waals surface area (Å²) in [6, 6.07) is 13.8. The summed E-state index contributed by atoms with van der Waals surface area (Å²) >= 11 is 1.64. The van der Waals surface area contributed by atoms with E-state index >= 15 is 0 Å². The smallest absolute Gasteiger partial charge is 0.103 e. The third-order valence-corrected chi connectivity index (χ3v) is 9.16. The van der Waals surface area contributed by atoms with Gasteiger partial charge in [0.25, 0.3) is 0 Å². The topological polar surface area (TPSA) is 74.5 Å². The van der Waals surface area contributed by atoms with Crippen molar-refractivity contribution in [3.63, 3.8) is 0 Å². The minimum Gasteiger partial charge on any atom is -0.303 e. The van der Waals surface area contributed by atoms with Crippen molar-refractivity contribution >= 4 is 23.5 Å². The fourth-order valence-corrected chi connectivity index (χ4v) is 7.28. The molecule has 0 N–H and O–H groups in total. The van der Waals surface area contributed by atoms with Crippen LogP contribution in [-0.2, 0) is 0 Å². The monoisotopic (exact) mass is 509 g/mol. The first-order chi connectivity index (χ1) is 18.1. The molecule has 188 valence electrons. The molecule has 6 rings (SSSR count). The highest BCUT2D eigenvalue weighted by atomic mass is 32.2. The van der Waals surface area contributed by atoms with Gasteiger partial charge in [-0.3, -0.25) is 9.67 Å². The predicted molar refractivity (Wildman–Crippen MR) is 147 cm³/mol. The van der Waals surface area contributed by atoms with Gasteiger partial charge in [-0.2, -0.15) is 15.5 Å². The Morgan fingerprint density at radius 1 is 1.11 bits per heavy atom. The Kier molecular flexibility index (Phi) is 6.35. The van der Waals surface area contributed by atoms with Gasteiger partial charge in [0.2, 0.25) is 0 Å². The molecule has 0 amide bonds. The van der Waals surface area contributed by atoms with Gasteiger partial charge < -0.3 is 4.90 Å². The third kappa shape index (κ3) is 4.36. The first kappa shape index (κ1) is 24.0. The Morgan fingerprint density at radius 2 is 1.97 bits per heavy atom. The highest BCUT2D eigenvalue weighted by Crippen LogP contribution is 2.40. The van der Waals surface area contributed by atoms with Crippen molar-refractivity contribution < 1.29 is 0 Å². The average molecular weight is 510 g/mol. The Hall–Kier alpha value is -3.41. The molecule has 3 atom stereocenters. The highest BCUT2D eigenvalue weighted by molar-refractivity contribution is 7.99. The molecule has 3 unspecified atom stereocenters. The van der Waals surface area contributed by atoms with Gasteiger partial charge in [-0.25, -0.2) is 4.52 Å². The van der Waals surface area contributed by atoms with Gasteiger partial charge in [0, 0.05) is 64.2 Å². The van der Waals surface area contributed by atoms with E-state index in [0.29, 0.717) is 17.6 Å². The number of nitrogens with zero attached hydrogens (tertiary/aromatic N) is 7. The molecule has 1 aromatic carbocycles. The number of aromatic nitrogens is 4. The van der Waals surface area contributed by atoms with Crippen LogP contribution in [0.2, 0.25) is 0 Å². The van der Waals surface area contributed by atoms with Crippen molar-refractivity contribution in [2.24, 2.45) is 10.9 Å². The van der Waals surface area contributed by atoms with Crippen LogP contribution < -0.4 is 0 Å². The molecule has 4 aromatic rings. The van der Waals surface area contributed by atoms with Crippen LogP contribution in [0.1, 0.15) is 48.5 Å². The molecular weight excluding hydrogens is 478 g/mol. The largest absolute Gasteiger partial charge is 0.303 e. The second-order valence-corrected chi connectivity index (χ2v) is 11.4. The van der Waals surface area contributed by atoms with E-state index in [1.165, 1.54) is 31.5 Å². The minimum atomic E-state index is 0.430. The lowest BCUT2D eigenvalue weighted by molar-refractivity contribution is 0.231. The van der Waals surface area contributed by atoms with Crippen LogP contribution in [0.3, 0.4) is 0 Å². The third-order valence-electron chi connectivity index (χ3n) is 8.03. The number of benzene rings is 1. The van der Waals surface area contributed by atoms with Gasteiger partial charge in [0.15, 0.2) is 0 Å². The summed E-state index contributed by atoms with van der Waals surface area (Å²) in [5.41, 5.74) is 5.80. The average Bonchev–Trinajstić information content (AvgIpc) is 3.54. The molecule has 2 fully saturated rings. The van der Waals surface area contributed by atoms with Crippen molar-refractivity contribution in [1.82, 2.24) is 24.3 Å². The van der Waals surface area contributed by atoms with E-state index in [1.807, 2.05) is 35.3 Å². The van der Waals surface area contributed by atoms with E-state index in [2.05, 4.69) is 57.9 Å². The summed E-state index contributed by atoms with van der Waals surface area (Å²) in [5, 5.41) is 19.2. The van der Waals surface area contributed by atoms with Crippen molar-refractivity contribution in [3.05, 3.63) is 65.7 Å². The van der Waals surface area contributed by atoms with E-state index in [-0.39, 0.29) is 0 Å². The molecule has 2 aliphatic rings. The number of rotatable bonds is 5. The zero-order valence-corrected chi connectivity index (χ0v) is 22.3. The number of likely N-dealkylation sites (tertiary alicyclic amines) is 1. The summed E-state index contributed by atoms with van der Waals surface area (Å²) in [7, 11) is 4.05. The van der Waals surface area contributed by atoms with E-state index in [4.69, 9.17) is 5.10 Å². The minimum absolute atomic E-state index is 0.430. The molecule has 0 radical (unpaired) electrons. The molecule has 2 bridgehead atoms. The van der Waals surface area contributed by atoms with Crippen molar-refractivity contribution in [3.8, 4) is 17.2 Å². The Morgan fingerprint density at radius 3 is 2.81 bits per heavy atom. The summed E-state index contributed by atoms with van der Waals surface area (Å²) in [6.07, 6.45) is 12.5. The lowest BCUT2D eigenvalue weighted by Crippen LogP contribution is -2.29. The van der Waals surface area contributed by atoms with E-state index in [1.54, 1.807) is 25.0 Å². The lowest BCUT2D eigenvalue weighted by Gasteiger charge is -2.27. The number of fused-ring (bicyclic) bond motifs is 3. The quantitative estimate of drug-likeness (QED) is 0.326. The Labute approximate surface area is 221 Å². The molecule has 1 saturated heterocycles. The van der Waals surface area contributed by atoms with Gasteiger partial charge in [0.05, 0.1) is 29.5 Å². The molecule has 0 spiro atoms. The van der Waals surface area contributed by atoms with E-state index < -0.39 is 0 Å². The number of pyridine rings is 1. The molecule has 3 aromatic heterocycles. The molecule has 7 nitrogen and oxygen atoms in total. The van der Waals surface area contributed by atoms with Crippen molar-refractivity contribution in [1.29, 1.82) is 5.26 Å². The molecular formula is C29H31N7S. The Bertz CT molecular complexity index is 1530. The summed E-state index contributed by atoms with van der Waals surface area (Å²) in [6.45, 7) is 3.42. The maximum atomic E-state index is 9.77. The summed E-state index contributed by atoms with van der Waals surface area (Å²) in [5.74, 6) is 0.826. The standard InChI is InChI=1S/C29H31N7S/c1-19-26(16-33-36(19)24-9-8-20-10-25(12-24)34(3)17-20)22-11-28(29-23(13-30)15-32-35(29)18-22)37-27-7-5-4-6-21(27)14-31-2/h4-7,11,14-16,18,20,24-25H,8-10,12,17H2,1-3H3/b31-14-. The SMILES string of the molecule is C/N=C\c1ccccc1Sc1cc(-c2cnn(C3CCC4CC(C3)N(C)C4)c2C)cn2ncc(C#N)c12. The van der Waals surface area contributed by atoms with Crippen LogP contribution in [0.25, 0.3) is 16.6 Å². The highest BCUT2D eigenvalue weighted by Gasteiger charge is 2.36. The van der Waals surface area contributed by atoms with Gasteiger partial charge >= 0.3 is 0 Å². The number of hydrogen-bond donors (Lipinski definition) is 0. The van der Waals surface area contributed by atoms with Gasteiger partial charge in [-0.05, 0) is 57.7 Å². The van der Waals surface area contributed by atoms with Crippen LogP contribution >= 0.6 is 11.8 Å².